The second-order valence-corrected chi connectivity index (χ2v) is 9.12. The van der Waals surface area contributed by atoms with Crippen LogP contribution < -0.4 is 15.8 Å². The van der Waals surface area contributed by atoms with Crippen molar-refractivity contribution in [2.45, 2.75) is 26.3 Å². The van der Waals surface area contributed by atoms with E-state index in [1.54, 1.807) is 18.5 Å². The zero-order chi connectivity index (χ0) is 25.9. The van der Waals surface area contributed by atoms with Gasteiger partial charge < -0.3 is 20.8 Å². The minimum absolute atomic E-state index is 0.227. The Morgan fingerprint density at radius 3 is 2.62 bits per heavy atom. The maximum Gasteiger partial charge on any atom is 0.170 e. The van der Waals surface area contributed by atoms with Crippen LogP contribution >= 0.6 is 11.6 Å². The standard InChI is InChI=1S/C29H27ClFN5O/c1-3-17-13-23(26(31)25(14-17)37-4-2)27(29-34-16-24(36-29)18-5-7-20(30)8-6-18)35-21-9-10-22-19(15-21)11-12-33-28(22)32/h5-16,27,35H,3-4H2,1-2H3,(H2,32,33)(H,34,36). The summed E-state index contributed by atoms with van der Waals surface area (Å²) >= 11 is 6.06. The molecule has 2 heterocycles. The van der Waals surface area contributed by atoms with Crippen LogP contribution in [0.2, 0.25) is 5.02 Å². The lowest BCUT2D eigenvalue weighted by Gasteiger charge is -2.22. The monoisotopic (exact) mass is 515 g/mol. The van der Waals surface area contributed by atoms with Gasteiger partial charge in [-0.1, -0.05) is 36.7 Å². The second-order valence-electron chi connectivity index (χ2n) is 8.68. The molecule has 0 aliphatic heterocycles. The smallest absolute Gasteiger partial charge is 0.170 e. The van der Waals surface area contributed by atoms with Crippen LogP contribution in [0, 0.1) is 5.82 Å². The number of anilines is 2. The Morgan fingerprint density at radius 1 is 1.05 bits per heavy atom. The molecule has 0 saturated carbocycles. The summed E-state index contributed by atoms with van der Waals surface area (Å²) in [4.78, 5) is 12.2. The van der Waals surface area contributed by atoms with E-state index in [0.717, 1.165) is 39.7 Å². The van der Waals surface area contributed by atoms with E-state index < -0.39 is 11.9 Å². The van der Waals surface area contributed by atoms with Gasteiger partial charge >= 0.3 is 0 Å². The lowest BCUT2D eigenvalue weighted by Crippen LogP contribution is -2.17. The quantitative estimate of drug-likeness (QED) is 0.204. The van der Waals surface area contributed by atoms with Crippen LogP contribution in [0.3, 0.4) is 0 Å². The van der Waals surface area contributed by atoms with Crippen molar-refractivity contribution in [1.82, 2.24) is 15.0 Å². The number of aryl methyl sites for hydroxylation is 1. The zero-order valence-corrected chi connectivity index (χ0v) is 21.3. The van der Waals surface area contributed by atoms with E-state index in [0.29, 0.717) is 28.8 Å². The molecule has 0 saturated heterocycles. The second kappa shape index (κ2) is 10.5. The van der Waals surface area contributed by atoms with E-state index in [2.05, 4.69) is 20.3 Å². The summed E-state index contributed by atoms with van der Waals surface area (Å²) in [6.45, 7) is 4.24. The fraction of sp³-hybridized carbons (Fsp3) is 0.172. The van der Waals surface area contributed by atoms with Crippen molar-refractivity contribution in [2.75, 3.05) is 17.7 Å². The number of aromatic amines is 1. The number of fused-ring (bicyclic) bond motifs is 1. The highest BCUT2D eigenvalue weighted by Crippen LogP contribution is 2.35. The third-order valence-electron chi connectivity index (χ3n) is 6.28. The third kappa shape index (κ3) is 5.08. The molecular weight excluding hydrogens is 489 g/mol. The average molecular weight is 516 g/mol. The van der Waals surface area contributed by atoms with Crippen molar-refractivity contribution in [3.05, 3.63) is 101 Å². The largest absolute Gasteiger partial charge is 0.491 e. The topological polar surface area (TPSA) is 88.8 Å². The molecule has 5 rings (SSSR count). The highest BCUT2D eigenvalue weighted by Gasteiger charge is 2.25. The maximum atomic E-state index is 15.8. The van der Waals surface area contributed by atoms with E-state index in [1.165, 1.54) is 0 Å². The lowest BCUT2D eigenvalue weighted by atomic mass is 9.99. The molecule has 6 nitrogen and oxygen atoms in total. The molecule has 5 aromatic rings. The lowest BCUT2D eigenvalue weighted by molar-refractivity contribution is 0.319. The minimum Gasteiger partial charge on any atom is -0.491 e. The molecule has 4 N–H and O–H groups in total. The van der Waals surface area contributed by atoms with Gasteiger partial charge in [-0.25, -0.2) is 14.4 Å². The van der Waals surface area contributed by atoms with Crippen LogP contribution in [0.15, 0.2) is 73.1 Å². The van der Waals surface area contributed by atoms with Gasteiger partial charge in [0, 0.05) is 27.9 Å². The fourth-order valence-electron chi connectivity index (χ4n) is 4.36. The van der Waals surface area contributed by atoms with Crippen molar-refractivity contribution >= 4 is 33.9 Å². The van der Waals surface area contributed by atoms with Gasteiger partial charge in [0.25, 0.3) is 0 Å². The number of benzene rings is 3. The van der Waals surface area contributed by atoms with Crippen LogP contribution in [0.25, 0.3) is 22.0 Å². The number of imidazole rings is 1. The number of rotatable bonds is 8. The molecule has 0 amide bonds. The van der Waals surface area contributed by atoms with E-state index >= 15 is 4.39 Å². The predicted molar refractivity (Wildman–Crippen MR) is 148 cm³/mol. The fourth-order valence-corrected chi connectivity index (χ4v) is 4.49. The summed E-state index contributed by atoms with van der Waals surface area (Å²) in [5.74, 6) is 0.830. The first-order valence-corrected chi connectivity index (χ1v) is 12.5. The molecule has 1 atom stereocenters. The molecule has 37 heavy (non-hydrogen) atoms. The van der Waals surface area contributed by atoms with Gasteiger partial charge in [0.15, 0.2) is 11.6 Å². The van der Waals surface area contributed by atoms with Crippen molar-refractivity contribution in [1.29, 1.82) is 0 Å². The summed E-state index contributed by atoms with van der Waals surface area (Å²) in [6.07, 6.45) is 4.14. The molecule has 0 aliphatic carbocycles. The highest BCUT2D eigenvalue weighted by molar-refractivity contribution is 6.30. The number of nitrogen functional groups attached to an aromatic ring is 1. The molecule has 0 fully saturated rings. The number of hydrogen-bond acceptors (Lipinski definition) is 5. The number of H-pyrrole nitrogens is 1. The van der Waals surface area contributed by atoms with Gasteiger partial charge in [-0.2, -0.15) is 0 Å². The number of halogens is 2. The number of ether oxygens (including phenoxy) is 1. The first kappa shape index (κ1) is 24.6. The number of pyridine rings is 1. The van der Waals surface area contributed by atoms with Gasteiger partial charge in [0.05, 0.1) is 18.5 Å². The average Bonchev–Trinajstić information content (AvgIpc) is 3.39. The third-order valence-corrected chi connectivity index (χ3v) is 6.53. The molecule has 3 aromatic carbocycles. The van der Waals surface area contributed by atoms with Crippen LogP contribution in [-0.4, -0.2) is 21.6 Å². The van der Waals surface area contributed by atoms with Gasteiger partial charge in [0.2, 0.25) is 0 Å². The van der Waals surface area contributed by atoms with Crippen molar-refractivity contribution in [3.63, 3.8) is 0 Å². The normalized spacial score (nSPS) is 12.0. The Labute approximate surface area is 219 Å². The minimum atomic E-state index is -0.622. The molecule has 0 aliphatic rings. The summed E-state index contributed by atoms with van der Waals surface area (Å²) in [5.41, 5.74) is 9.95. The molecule has 1 unspecified atom stereocenters. The first-order chi connectivity index (χ1) is 18.0. The molecule has 0 spiro atoms. The Balaban J connectivity index is 1.62. The SMILES string of the molecule is CCOc1cc(CC)cc(C(Nc2ccc3c(N)nccc3c2)c2ncc(-c3ccc(Cl)cc3)[nH]2)c1F. The zero-order valence-electron chi connectivity index (χ0n) is 20.6. The first-order valence-electron chi connectivity index (χ1n) is 12.1. The molecule has 188 valence electrons. The summed E-state index contributed by atoms with van der Waals surface area (Å²) in [7, 11) is 0. The number of nitrogens with one attached hydrogen (secondary N) is 2. The Morgan fingerprint density at radius 2 is 1.86 bits per heavy atom. The van der Waals surface area contributed by atoms with Gasteiger partial charge in [0.1, 0.15) is 17.7 Å². The number of hydrogen-bond donors (Lipinski definition) is 3. The summed E-state index contributed by atoms with van der Waals surface area (Å²) in [6, 6.07) is 18.1. The van der Waals surface area contributed by atoms with Crippen LogP contribution in [0.5, 0.6) is 5.75 Å². The van der Waals surface area contributed by atoms with Crippen molar-refractivity contribution < 1.29 is 9.13 Å². The van der Waals surface area contributed by atoms with Gasteiger partial charge in [-0.3, -0.25) is 0 Å². The Kier molecular flexibility index (Phi) is 6.97. The Bertz CT molecular complexity index is 1550. The van der Waals surface area contributed by atoms with Crippen molar-refractivity contribution in [2.24, 2.45) is 0 Å². The van der Waals surface area contributed by atoms with Gasteiger partial charge in [-0.15, -0.1) is 0 Å². The van der Waals surface area contributed by atoms with Gasteiger partial charge in [-0.05, 0) is 72.3 Å². The van der Waals surface area contributed by atoms with E-state index in [-0.39, 0.29) is 5.75 Å². The Hall–Kier alpha value is -4.10. The summed E-state index contributed by atoms with van der Waals surface area (Å²) < 4.78 is 21.5. The van der Waals surface area contributed by atoms with Crippen LogP contribution in [-0.2, 0) is 6.42 Å². The maximum absolute atomic E-state index is 15.8. The molecule has 2 aromatic heterocycles. The van der Waals surface area contributed by atoms with Crippen molar-refractivity contribution in [3.8, 4) is 17.0 Å². The van der Waals surface area contributed by atoms with Crippen LogP contribution in [0.4, 0.5) is 15.9 Å². The molecular formula is C29H27ClFN5O. The summed E-state index contributed by atoms with van der Waals surface area (Å²) in [5, 5.41) is 5.92. The van der Waals surface area contributed by atoms with Crippen LogP contribution in [0.1, 0.15) is 36.8 Å². The van der Waals surface area contributed by atoms with E-state index in [1.807, 2.05) is 68.4 Å². The van der Waals surface area contributed by atoms with E-state index in [4.69, 9.17) is 22.1 Å². The molecule has 0 radical (unpaired) electrons. The van der Waals surface area contributed by atoms with E-state index in [9.17, 15) is 0 Å². The number of nitrogens with two attached hydrogens (primary N) is 1. The molecule has 0 bridgehead atoms. The highest BCUT2D eigenvalue weighted by atomic mass is 35.5. The molecule has 8 heteroatoms. The number of nitrogens with zero attached hydrogens (tertiary/aromatic N) is 2. The predicted octanol–water partition coefficient (Wildman–Crippen LogP) is 7.16. The number of aromatic nitrogens is 3.